The van der Waals surface area contributed by atoms with Crippen LogP contribution in [0.15, 0.2) is 54.6 Å². The Kier molecular flexibility index (Phi) is 4.59. The van der Waals surface area contributed by atoms with Crippen molar-refractivity contribution in [1.82, 2.24) is 0 Å². The minimum absolute atomic E-state index is 0.148. The van der Waals surface area contributed by atoms with Crippen LogP contribution in [-0.4, -0.2) is 5.88 Å². The van der Waals surface area contributed by atoms with E-state index in [1.165, 1.54) is 12.1 Å². The van der Waals surface area contributed by atoms with Crippen molar-refractivity contribution < 1.29 is 9.13 Å². The second-order valence-corrected chi connectivity index (χ2v) is 4.33. The van der Waals surface area contributed by atoms with Crippen molar-refractivity contribution in [2.24, 2.45) is 0 Å². The number of alkyl halides is 1. The molecule has 2 aromatic carbocycles. The summed E-state index contributed by atoms with van der Waals surface area (Å²) in [6.45, 7) is 0. The van der Waals surface area contributed by atoms with Gasteiger partial charge < -0.3 is 4.74 Å². The van der Waals surface area contributed by atoms with Crippen LogP contribution in [0.1, 0.15) is 18.1 Å². The van der Waals surface area contributed by atoms with Crippen LogP contribution in [0.3, 0.4) is 0 Å². The normalized spacial score (nSPS) is 12.1. The van der Waals surface area contributed by atoms with E-state index in [2.05, 4.69) is 0 Å². The highest BCUT2D eigenvalue weighted by atomic mass is 35.5. The van der Waals surface area contributed by atoms with Crippen molar-refractivity contribution in [2.75, 3.05) is 5.88 Å². The molecule has 0 amide bonds. The zero-order valence-electron chi connectivity index (χ0n) is 9.85. The fraction of sp³-hybridized carbons (Fsp3) is 0.200. The van der Waals surface area contributed by atoms with Gasteiger partial charge in [0.25, 0.3) is 0 Å². The van der Waals surface area contributed by atoms with Gasteiger partial charge in [0, 0.05) is 12.3 Å². The van der Waals surface area contributed by atoms with Crippen molar-refractivity contribution in [1.29, 1.82) is 0 Å². The smallest absolute Gasteiger partial charge is 0.125 e. The first kappa shape index (κ1) is 12.9. The van der Waals surface area contributed by atoms with Crippen LogP contribution in [0.25, 0.3) is 0 Å². The summed E-state index contributed by atoms with van der Waals surface area (Å²) in [4.78, 5) is 0. The van der Waals surface area contributed by atoms with Gasteiger partial charge in [0.2, 0.25) is 0 Å². The van der Waals surface area contributed by atoms with Crippen LogP contribution < -0.4 is 4.74 Å². The summed E-state index contributed by atoms with van der Waals surface area (Å²) in [6.07, 6.45) is 0.535. The van der Waals surface area contributed by atoms with Crippen molar-refractivity contribution in [3.63, 3.8) is 0 Å². The molecule has 0 heterocycles. The molecule has 0 N–H and O–H groups in total. The standard InChI is InChI=1S/C15H14ClFO/c16-11-10-15(12-6-8-13(17)9-7-12)18-14-4-2-1-3-5-14/h1-9,15H,10-11H2. The number of halogens is 2. The van der Waals surface area contributed by atoms with E-state index < -0.39 is 0 Å². The second-order valence-electron chi connectivity index (χ2n) is 3.95. The van der Waals surface area contributed by atoms with Gasteiger partial charge >= 0.3 is 0 Å². The highest BCUT2D eigenvalue weighted by molar-refractivity contribution is 6.17. The summed E-state index contributed by atoms with van der Waals surface area (Å²) in [6, 6.07) is 15.9. The number of hydrogen-bond donors (Lipinski definition) is 0. The van der Waals surface area contributed by atoms with Gasteiger partial charge in [-0.1, -0.05) is 30.3 Å². The first-order chi connectivity index (χ1) is 8.79. The molecule has 2 aromatic rings. The Morgan fingerprint density at radius 2 is 1.67 bits per heavy atom. The summed E-state index contributed by atoms with van der Waals surface area (Å²) in [5.41, 5.74) is 0.931. The van der Waals surface area contributed by atoms with E-state index in [-0.39, 0.29) is 11.9 Å². The summed E-state index contributed by atoms with van der Waals surface area (Å²) in [5.74, 6) is 1.04. The molecule has 1 unspecified atom stereocenters. The van der Waals surface area contributed by atoms with Gasteiger partial charge in [-0.15, -0.1) is 11.6 Å². The Morgan fingerprint density at radius 1 is 1.00 bits per heavy atom. The molecule has 1 nitrogen and oxygen atoms in total. The lowest BCUT2D eigenvalue weighted by Crippen LogP contribution is -2.08. The van der Waals surface area contributed by atoms with Crippen LogP contribution in [0.4, 0.5) is 4.39 Å². The molecule has 94 valence electrons. The van der Waals surface area contributed by atoms with E-state index >= 15 is 0 Å². The molecule has 0 spiro atoms. The number of benzene rings is 2. The van der Waals surface area contributed by atoms with Gasteiger partial charge in [-0.3, -0.25) is 0 Å². The minimum Gasteiger partial charge on any atom is -0.486 e. The molecule has 0 radical (unpaired) electrons. The zero-order valence-corrected chi connectivity index (χ0v) is 10.6. The van der Waals surface area contributed by atoms with Crippen LogP contribution in [0.2, 0.25) is 0 Å². The van der Waals surface area contributed by atoms with Gasteiger partial charge in [-0.05, 0) is 29.8 Å². The van der Waals surface area contributed by atoms with Gasteiger partial charge in [0.15, 0.2) is 0 Å². The average Bonchev–Trinajstić information content (AvgIpc) is 2.40. The van der Waals surface area contributed by atoms with E-state index in [9.17, 15) is 4.39 Å². The van der Waals surface area contributed by atoms with Crippen molar-refractivity contribution in [3.05, 3.63) is 66.0 Å². The van der Waals surface area contributed by atoms with E-state index in [0.29, 0.717) is 12.3 Å². The summed E-state index contributed by atoms with van der Waals surface area (Å²) >= 11 is 5.79. The van der Waals surface area contributed by atoms with Crippen molar-refractivity contribution in [2.45, 2.75) is 12.5 Å². The quantitative estimate of drug-likeness (QED) is 0.719. The first-order valence-corrected chi connectivity index (χ1v) is 6.36. The molecule has 0 aliphatic carbocycles. The van der Waals surface area contributed by atoms with Crippen molar-refractivity contribution >= 4 is 11.6 Å². The highest BCUT2D eigenvalue weighted by Crippen LogP contribution is 2.25. The lowest BCUT2D eigenvalue weighted by molar-refractivity contribution is 0.202. The average molecular weight is 265 g/mol. The van der Waals surface area contributed by atoms with Crippen LogP contribution in [0.5, 0.6) is 5.75 Å². The third-order valence-electron chi connectivity index (χ3n) is 2.63. The van der Waals surface area contributed by atoms with Crippen molar-refractivity contribution in [3.8, 4) is 5.75 Å². The van der Waals surface area contributed by atoms with Gasteiger partial charge in [-0.2, -0.15) is 0 Å². The van der Waals surface area contributed by atoms with Gasteiger partial charge in [0.05, 0.1) is 0 Å². The Labute approximate surface area is 111 Å². The summed E-state index contributed by atoms with van der Waals surface area (Å²) in [7, 11) is 0. The Morgan fingerprint density at radius 3 is 2.28 bits per heavy atom. The van der Waals surface area contributed by atoms with Crippen LogP contribution >= 0.6 is 11.6 Å². The molecule has 0 saturated heterocycles. The molecular weight excluding hydrogens is 251 g/mol. The first-order valence-electron chi connectivity index (χ1n) is 5.83. The predicted octanol–water partition coefficient (Wildman–Crippen LogP) is 4.57. The minimum atomic E-state index is -0.247. The molecule has 1 atom stereocenters. The SMILES string of the molecule is Fc1ccc(C(CCCl)Oc2ccccc2)cc1. The molecule has 0 aliphatic heterocycles. The molecule has 2 rings (SSSR count). The fourth-order valence-corrected chi connectivity index (χ4v) is 1.93. The molecule has 0 bridgehead atoms. The predicted molar refractivity (Wildman–Crippen MR) is 71.5 cm³/mol. The molecule has 3 heteroatoms. The lowest BCUT2D eigenvalue weighted by atomic mass is 10.1. The summed E-state index contributed by atoms with van der Waals surface area (Å²) < 4.78 is 18.8. The molecule has 0 fully saturated rings. The maximum absolute atomic E-state index is 12.9. The third-order valence-corrected chi connectivity index (χ3v) is 2.85. The number of ether oxygens (including phenoxy) is 1. The molecule has 0 aliphatic rings. The zero-order chi connectivity index (χ0) is 12.8. The molecule has 0 aromatic heterocycles. The lowest BCUT2D eigenvalue weighted by Gasteiger charge is -2.18. The van der Waals surface area contributed by atoms with E-state index in [0.717, 1.165) is 11.3 Å². The molecule has 0 saturated carbocycles. The van der Waals surface area contributed by atoms with E-state index in [1.807, 2.05) is 30.3 Å². The van der Waals surface area contributed by atoms with Gasteiger partial charge in [0.1, 0.15) is 17.7 Å². The Balaban J connectivity index is 2.15. The number of rotatable bonds is 5. The van der Waals surface area contributed by atoms with Crippen LogP contribution in [-0.2, 0) is 0 Å². The highest BCUT2D eigenvalue weighted by Gasteiger charge is 2.12. The maximum atomic E-state index is 12.9. The topological polar surface area (TPSA) is 9.23 Å². The second kappa shape index (κ2) is 6.41. The van der Waals surface area contributed by atoms with Crippen LogP contribution in [0, 0.1) is 5.82 Å². The maximum Gasteiger partial charge on any atom is 0.125 e. The Bertz CT molecular complexity index is 470. The molecule has 18 heavy (non-hydrogen) atoms. The van der Waals surface area contributed by atoms with E-state index in [1.54, 1.807) is 12.1 Å². The number of hydrogen-bond acceptors (Lipinski definition) is 1. The largest absolute Gasteiger partial charge is 0.486 e. The number of para-hydroxylation sites is 1. The fourth-order valence-electron chi connectivity index (χ4n) is 1.73. The summed E-state index contributed by atoms with van der Waals surface area (Å²) in [5, 5.41) is 0. The van der Waals surface area contributed by atoms with Gasteiger partial charge in [-0.25, -0.2) is 4.39 Å². The monoisotopic (exact) mass is 264 g/mol. The third kappa shape index (κ3) is 3.47. The Hall–Kier alpha value is -1.54. The molecular formula is C15H14ClFO. The van der Waals surface area contributed by atoms with E-state index in [4.69, 9.17) is 16.3 Å².